The normalized spacial score (nSPS) is 14.3. The zero-order valence-corrected chi connectivity index (χ0v) is 15.9. The van der Waals surface area contributed by atoms with E-state index in [1.807, 2.05) is 20.8 Å². The van der Waals surface area contributed by atoms with E-state index < -0.39 is 38.1 Å². The number of benzene rings is 1. The average Bonchev–Trinajstić information content (AvgIpc) is 2.54. The highest BCUT2D eigenvalue weighted by atomic mass is 32.2. The molecule has 1 aromatic rings. The first-order valence-corrected chi connectivity index (χ1v) is 10.2. The molecule has 0 heterocycles. The van der Waals surface area contributed by atoms with Gasteiger partial charge in [0.25, 0.3) is 0 Å². The van der Waals surface area contributed by atoms with E-state index in [0.717, 1.165) is 5.56 Å². The van der Waals surface area contributed by atoms with Crippen LogP contribution >= 0.6 is 0 Å². The van der Waals surface area contributed by atoms with Gasteiger partial charge in [0, 0.05) is 5.56 Å². The Balaban J connectivity index is 3.22. The number of hydrogen-bond acceptors (Lipinski definition) is 5. The van der Waals surface area contributed by atoms with E-state index in [9.17, 15) is 18.0 Å². The van der Waals surface area contributed by atoms with Crippen LogP contribution in [0.4, 0.5) is 0 Å². The molecule has 0 radical (unpaired) electrons. The first-order valence-electron chi connectivity index (χ1n) is 8.50. The maximum Gasteiger partial charge on any atom is 0.246 e. The third kappa shape index (κ3) is 5.12. The number of ketones is 1. The van der Waals surface area contributed by atoms with Crippen LogP contribution in [0.3, 0.4) is 0 Å². The van der Waals surface area contributed by atoms with Crippen molar-refractivity contribution in [2.75, 3.05) is 5.75 Å². The largest absolute Gasteiger partial charge is 0.368 e. The van der Waals surface area contributed by atoms with Gasteiger partial charge in [-0.05, 0) is 19.8 Å². The van der Waals surface area contributed by atoms with Gasteiger partial charge >= 0.3 is 0 Å². The molecular formula is C18H28N2O4S. The molecule has 0 bridgehead atoms. The van der Waals surface area contributed by atoms with E-state index in [1.165, 1.54) is 12.1 Å². The SMILES string of the molecule is CCCC(CCC)S(=O)(=O)CC(N)(C(N)=O)C(=O)c1ccc(C)cc1. The molecule has 4 N–H and O–H groups in total. The van der Waals surface area contributed by atoms with Gasteiger partial charge in [-0.2, -0.15) is 0 Å². The van der Waals surface area contributed by atoms with Crippen LogP contribution in [-0.4, -0.2) is 36.6 Å². The second-order valence-electron chi connectivity index (χ2n) is 6.54. The quantitative estimate of drug-likeness (QED) is 0.481. The lowest BCUT2D eigenvalue weighted by Gasteiger charge is -2.27. The van der Waals surface area contributed by atoms with Crippen molar-refractivity contribution in [2.24, 2.45) is 11.5 Å². The van der Waals surface area contributed by atoms with E-state index in [0.29, 0.717) is 25.7 Å². The van der Waals surface area contributed by atoms with Crippen LogP contribution in [0.1, 0.15) is 55.5 Å². The topological polar surface area (TPSA) is 120 Å². The lowest BCUT2D eigenvalue weighted by atomic mass is 9.91. The number of primary amides is 1. The molecule has 0 spiro atoms. The molecule has 0 aliphatic carbocycles. The van der Waals surface area contributed by atoms with Crippen LogP contribution in [0.15, 0.2) is 24.3 Å². The van der Waals surface area contributed by atoms with Crippen LogP contribution in [0.25, 0.3) is 0 Å². The lowest BCUT2D eigenvalue weighted by Crippen LogP contribution is -2.63. The monoisotopic (exact) mass is 368 g/mol. The predicted octanol–water partition coefficient (Wildman–Crippen LogP) is 1.74. The number of aryl methyl sites for hydroxylation is 1. The minimum Gasteiger partial charge on any atom is -0.368 e. The van der Waals surface area contributed by atoms with E-state index in [2.05, 4.69) is 0 Å². The Bertz CT molecular complexity index is 707. The van der Waals surface area contributed by atoms with Crippen LogP contribution in [-0.2, 0) is 14.6 Å². The number of nitrogens with two attached hydrogens (primary N) is 2. The van der Waals surface area contributed by atoms with Crippen LogP contribution < -0.4 is 11.5 Å². The third-order valence-corrected chi connectivity index (χ3v) is 6.66. The Morgan fingerprint density at radius 3 is 1.96 bits per heavy atom. The number of amides is 1. The van der Waals surface area contributed by atoms with Gasteiger partial charge in [0.05, 0.1) is 11.0 Å². The summed E-state index contributed by atoms with van der Waals surface area (Å²) >= 11 is 0. The Morgan fingerprint density at radius 1 is 1.08 bits per heavy atom. The molecule has 0 saturated carbocycles. The molecule has 0 aromatic heterocycles. The first-order chi connectivity index (χ1) is 11.6. The summed E-state index contributed by atoms with van der Waals surface area (Å²) in [6.45, 7) is 5.63. The Hall–Kier alpha value is -1.73. The smallest absolute Gasteiger partial charge is 0.246 e. The van der Waals surface area contributed by atoms with Crippen molar-refractivity contribution in [1.29, 1.82) is 0 Å². The zero-order chi connectivity index (χ0) is 19.3. The van der Waals surface area contributed by atoms with E-state index >= 15 is 0 Å². The number of Topliss-reactive ketones (excluding diaryl/α,β-unsaturated/α-hetero) is 1. The second kappa shape index (κ2) is 8.58. The molecule has 6 nitrogen and oxygen atoms in total. The van der Waals surface area contributed by atoms with Crippen molar-refractivity contribution < 1.29 is 18.0 Å². The fourth-order valence-corrected chi connectivity index (χ4v) is 5.13. The van der Waals surface area contributed by atoms with Crippen molar-refractivity contribution in [2.45, 2.75) is 57.2 Å². The van der Waals surface area contributed by atoms with E-state index in [1.54, 1.807) is 12.1 Å². The van der Waals surface area contributed by atoms with E-state index in [4.69, 9.17) is 11.5 Å². The number of sulfone groups is 1. The van der Waals surface area contributed by atoms with Crippen molar-refractivity contribution >= 4 is 21.5 Å². The minimum atomic E-state index is -3.76. The van der Waals surface area contributed by atoms with Gasteiger partial charge < -0.3 is 11.5 Å². The standard InChI is InChI=1S/C18H28N2O4S/c1-4-6-15(7-5-2)25(23,24)12-18(20,17(19)22)16(21)14-10-8-13(3)9-11-14/h8-11,15H,4-7,12,20H2,1-3H3,(H2,19,22). The summed E-state index contributed by atoms with van der Waals surface area (Å²) in [5, 5.41) is -0.629. The number of carbonyl (C=O) groups excluding carboxylic acids is 2. The molecule has 0 saturated heterocycles. The molecule has 1 atom stereocenters. The van der Waals surface area contributed by atoms with Gasteiger partial charge in [-0.15, -0.1) is 0 Å². The molecule has 140 valence electrons. The summed E-state index contributed by atoms with van der Waals surface area (Å²) in [4.78, 5) is 24.7. The zero-order valence-electron chi connectivity index (χ0n) is 15.1. The molecule has 1 rings (SSSR count). The highest BCUT2D eigenvalue weighted by molar-refractivity contribution is 7.92. The molecule has 1 amide bonds. The molecular weight excluding hydrogens is 340 g/mol. The number of carbonyl (C=O) groups is 2. The number of rotatable bonds is 10. The average molecular weight is 368 g/mol. The predicted molar refractivity (Wildman–Crippen MR) is 99.0 cm³/mol. The van der Waals surface area contributed by atoms with Gasteiger partial charge in [0.15, 0.2) is 21.2 Å². The molecule has 1 aromatic carbocycles. The first kappa shape index (κ1) is 21.3. The summed E-state index contributed by atoms with van der Waals surface area (Å²) in [7, 11) is -3.76. The second-order valence-corrected chi connectivity index (χ2v) is 8.82. The highest BCUT2D eigenvalue weighted by Crippen LogP contribution is 2.22. The maximum atomic E-state index is 12.8. The Kier molecular flexibility index (Phi) is 7.31. The molecule has 0 aliphatic heterocycles. The van der Waals surface area contributed by atoms with Crippen LogP contribution in [0.2, 0.25) is 0 Å². The Morgan fingerprint density at radius 2 is 1.56 bits per heavy atom. The van der Waals surface area contributed by atoms with Crippen molar-refractivity contribution in [1.82, 2.24) is 0 Å². The lowest BCUT2D eigenvalue weighted by molar-refractivity contribution is -0.120. The fraction of sp³-hybridized carbons (Fsp3) is 0.556. The molecule has 0 aliphatic rings. The molecule has 7 heteroatoms. The Labute approximate surface area is 149 Å². The highest BCUT2D eigenvalue weighted by Gasteiger charge is 2.46. The molecule has 0 fully saturated rings. The fourth-order valence-electron chi connectivity index (χ4n) is 2.79. The summed E-state index contributed by atoms with van der Waals surface area (Å²) in [5.74, 6) is -2.67. The third-order valence-electron chi connectivity index (χ3n) is 4.32. The van der Waals surface area contributed by atoms with Gasteiger partial charge in [-0.25, -0.2) is 8.42 Å². The van der Waals surface area contributed by atoms with Gasteiger partial charge in [-0.1, -0.05) is 56.5 Å². The van der Waals surface area contributed by atoms with Crippen molar-refractivity contribution in [3.8, 4) is 0 Å². The van der Waals surface area contributed by atoms with Crippen molar-refractivity contribution in [3.63, 3.8) is 0 Å². The summed E-state index contributed by atoms with van der Waals surface area (Å²) in [6.07, 6.45) is 2.29. The van der Waals surface area contributed by atoms with E-state index in [-0.39, 0.29) is 5.56 Å². The molecule has 25 heavy (non-hydrogen) atoms. The van der Waals surface area contributed by atoms with Gasteiger partial charge in [0.1, 0.15) is 0 Å². The summed E-state index contributed by atoms with van der Waals surface area (Å²) < 4.78 is 25.6. The summed E-state index contributed by atoms with van der Waals surface area (Å²) in [5.41, 5.74) is 10.1. The minimum absolute atomic E-state index is 0.171. The maximum absolute atomic E-state index is 12.8. The van der Waals surface area contributed by atoms with Gasteiger partial charge in [-0.3, -0.25) is 9.59 Å². The van der Waals surface area contributed by atoms with Crippen LogP contribution in [0.5, 0.6) is 0 Å². The van der Waals surface area contributed by atoms with Crippen molar-refractivity contribution in [3.05, 3.63) is 35.4 Å². The number of hydrogen-bond donors (Lipinski definition) is 2. The molecule has 1 unspecified atom stereocenters. The van der Waals surface area contributed by atoms with Gasteiger partial charge in [0.2, 0.25) is 5.91 Å². The van der Waals surface area contributed by atoms with Crippen LogP contribution in [0, 0.1) is 6.92 Å². The summed E-state index contributed by atoms with van der Waals surface area (Å²) in [6, 6.07) is 6.43.